The van der Waals surface area contributed by atoms with E-state index < -0.39 is 0 Å². The van der Waals surface area contributed by atoms with E-state index in [1.54, 1.807) is 14.2 Å². The SMILES string of the molecule is COCc1cc(C2CCNCC2)c(F)cc1OC. The van der Waals surface area contributed by atoms with Crippen LogP contribution >= 0.6 is 0 Å². The van der Waals surface area contributed by atoms with Gasteiger partial charge in [0.2, 0.25) is 0 Å². The third-order valence-corrected chi connectivity index (χ3v) is 3.48. The van der Waals surface area contributed by atoms with Crippen LogP contribution in [0.2, 0.25) is 0 Å². The molecule has 0 aromatic heterocycles. The maximum absolute atomic E-state index is 14.1. The number of nitrogens with one attached hydrogen (secondary N) is 1. The molecular weight excluding hydrogens is 233 g/mol. The van der Waals surface area contributed by atoms with Crippen LogP contribution in [0.1, 0.15) is 29.9 Å². The molecule has 1 N–H and O–H groups in total. The zero-order valence-electron chi connectivity index (χ0n) is 11.0. The summed E-state index contributed by atoms with van der Waals surface area (Å²) in [6.45, 7) is 2.35. The van der Waals surface area contributed by atoms with Crippen molar-refractivity contribution in [3.05, 3.63) is 29.1 Å². The van der Waals surface area contributed by atoms with Gasteiger partial charge < -0.3 is 14.8 Å². The number of piperidine rings is 1. The normalized spacial score (nSPS) is 16.8. The lowest BCUT2D eigenvalue weighted by atomic mass is 9.88. The van der Waals surface area contributed by atoms with Gasteiger partial charge in [-0.25, -0.2) is 4.39 Å². The maximum Gasteiger partial charge on any atom is 0.130 e. The van der Waals surface area contributed by atoms with Gasteiger partial charge in [-0.2, -0.15) is 0 Å². The summed E-state index contributed by atoms with van der Waals surface area (Å²) >= 11 is 0. The van der Waals surface area contributed by atoms with Crippen LogP contribution in [0.5, 0.6) is 5.75 Å². The van der Waals surface area contributed by atoms with E-state index in [9.17, 15) is 4.39 Å². The highest BCUT2D eigenvalue weighted by Gasteiger charge is 2.20. The number of hydrogen-bond acceptors (Lipinski definition) is 3. The van der Waals surface area contributed by atoms with E-state index in [1.807, 2.05) is 6.07 Å². The quantitative estimate of drug-likeness (QED) is 0.894. The minimum atomic E-state index is -0.168. The molecule has 1 heterocycles. The molecule has 18 heavy (non-hydrogen) atoms. The Morgan fingerprint density at radius 3 is 2.61 bits per heavy atom. The summed E-state index contributed by atoms with van der Waals surface area (Å²) in [5.74, 6) is 0.693. The fourth-order valence-corrected chi connectivity index (χ4v) is 2.52. The summed E-state index contributed by atoms with van der Waals surface area (Å²) in [6.07, 6.45) is 1.96. The average Bonchev–Trinajstić information content (AvgIpc) is 2.41. The molecule has 1 saturated heterocycles. The molecule has 0 atom stereocenters. The van der Waals surface area contributed by atoms with Crippen LogP contribution in [0.15, 0.2) is 12.1 Å². The Kier molecular flexibility index (Phi) is 4.55. The zero-order valence-corrected chi connectivity index (χ0v) is 11.0. The minimum absolute atomic E-state index is 0.168. The fourth-order valence-electron chi connectivity index (χ4n) is 2.52. The van der Waals surface area contributed by atoms with E-state index in [0.29, 0.717) is 18.3 Å². The Morgan fingerprint density at radius 1 is 1.28 bits per heavy atom. The minimum Gasteiger partial charge on any atom is -0.496 e. The van der Waals surface area contributed by atoms with Crippen molar-refractivity contribution in [2.75, 3.05) is 27.3 Å². The summed E-state index contributed by atoms with van der Waals surface area (Å²) in [4.78, 5) is 0. The Bertz CT molecular complexity index is 403. The molecule has 0 aliphatic carbocycles. The van der Waals surface area contributed by atoms with Crippen LogP contribution in [0, 0.1) is 5.82 Å². The highest BCUT2D eigenvalue weighted by molar-refractivity contribution is 5.39. The van der Waals surface area contributed by atoms with Crippen molar-refractivity contribution in [3.63, 3.8) is 0 Å². The van der Waals surface area contributed by atoms with Crippen molar-refractivity contribution < 1.29 is 13.9 Å². The molecule has 0 spiro atoms. The van der Waals surface area contributed by atoms with E-state index in [4.69, 9.17) is 9.47 Å². The number of halogens is 1. The summed E-state index contributed by atoms with van der Waals surface area (Å²) < 4.78 is 24.4. The third-order valence-electron chi connectivity index (χ3n) is 3.48. The Morgan fingerprint density at radius 2 is 2.00 bits per heavy atom. The second kappa shape index (κ2) is 6.16. The van der Waals surface area contributed by atoms with Gasteiger partial charge in [0.1, 0.15) is 11.6 Å². The van der Waals surface area contributed by atoms with Gasteiger partial charge >= 0.3 is 0 Å². The number of hydrogen-bond donors (Lipinski definition) is 1. The molecule has 1 aliphatic rings. The molecule has 1 aliphatic heterocycles. The van der Waals surface area contributed by atoms with Crippen LogP contribution in [-0.2, 0) is 11.3 Å². The predicted molar refractivity (Wildman–Crippen MR) is 68.5 cm³/mol. The molecule has 0 unspecified atom stereocenters. The van der Waals surface area contributed by atoms with E-state index >= 15 is 0 Å². The van der Waals surface area contributed by atoms with Crippen molar-refractivity contribution in [1.29, 1.82) is 0 Å². The molecule has 0 bridgehead atoms. The summed E-state index contributed by atoms with van der Waals surface area (Å²) in [5.41, 5.74) is 1.71. The molecule has 4 heteroatoms. The number of benzene rings is 1. The first-order chi connectivity index (χ1) is 8.76. The third kappa shape index (κ3) is 2.82. The number of rotatable bonds is 4. The summed E-state index contributed by atoms with van der Waals surface area (Å²) in [7, 11) is 3.19. The summed E-state index contributed by atoms with van der Waals surface area (Å²) in [6, 6.07) is 3.37. The van der Waals surface area contributed by atoms with Crippen LogP contribution in [0.25, 0.3) is 0 Å². The Labute approximate surface area is 107 Å². The lowest BCUT2D eigenvalue weighted by molar-refractivity contribution is 0.181. The van der Waals surface area contributed by atoms with Crippen molar-refractivity contribution in [1.82, 2.24) is 5.32 Å². The molecule has 0 saturated carbocycles. The van der Waals surface area contributed by atoms with Crippen molar-refractivity contribution >= 4 is 0 Å². The average molecular weight is 253 g/mol. The van der Waals surface area contributed by atoms with Gasteiger partial charge in [-0.15, -0.1) is 0 Å². The highest BCUT2D eigenvalue weighted by Crippen LogP contribution is 2.32. The molecule has 1 fully saturated rings. The number of ether oxygens (including phenoxy) is 2. The van der Waals surface area contributed by atoms with Crippen LogP contribution in [0.3, 0.4) is 0 Å². The second-order valence-corrected chi connectivity index (χ2v) is 4.64. The van der Waals surface area contributed by atoms with E-state index in [-0.39, 0.29) is 5.82 Å². The second-order valence-electron chi connectivity index (χ2n) is 4.64. The topological polar surface area (TPSA) is 30.5 Å². The fraction of sp³-hybridized carbons (Fsp3) is 0.571. The van der Waals surface area contributed by atoms with Crippen molar-refractivity contribution in [3.8, 4) is 5.75 Å². The van der Waals surface area contributed by atoms with Gasteiger partial charge in [0.05, 0.1) is 13.7 Å². The molecule has 1 aromatic rings. The molecule has 1 aromatic carbocycles. The molecule has 0 amide bonds. The smallest absolute Gasteiger partial charge is 0.130 e. The molecule has 3 nitrogen and oxygen atoms in total. The number of methoxy groups -OCH3 is 2. The lowest BCUT2D eigenvalue weighted by Crippen LogP contribution is -2.27. The molecule has 0 radical (unpaired) electrons. The van der Waals surface area contributed by atoms with Crippen molar-refractivity contribution in [2.45, 2.75) is 25.4 Å². The zero-order chi connectivity index (χ0) is 13.0. The van der Waals surface area contributed by atoms with Gasteiger partial charge in [-0.1, -0.05) is 0 Å². The lowest BCUT2D eigenvalue weighted by Gasteiger charge is -2.24. The highest BCUT2D eigenvalue weighted by atomic mass is 19.1. The largest absolute Gasteiger partial charge is 0.496 e. The van der Waals surface area contributed by atoms with Crippen LogP contribution < -0.4 is 10.1 Å². The molecular formula is C14H20FNO2. The van der Waals surface area contributed by atoms with Crippen molar-refractivity contribution in [2.24, 2.45) is 0 Å². The monoisotopic (exact) mass is 253 g/mol. The van der Waals surface area contributed by atoms with E-state index in [2.05, 4.69) is 5.32 Å². The van der Waals surface area contributed by atoms with Crippen LogP contribution in [-0.4, -0.2) is 27.3 Å². The predicted octanol–water partition coefficient (Wildman–Crippen LogP) is 2.45. The standard InChI is InChI=1S/C14H20FNO2/c1-17-9-11-7-12(10-3-5-16-6-4-10)13(15)8-14(11)18-2/h7-8,10,16H,3-6,9H2,1-2H3. The molecule has 2 rings (SSSR count). The van der Waals surface area contributed by atoms with Gasteiger partial charge in [-0.3, -0.25) is 0 Å². The van der Waals surface area contributed by atoms with Gasteiger partial charge in [-0.05, 0) is 43.5 Å². The first-order valence-electron chi connectivity index (χ1n) is 6.32. The maximum atomic E-state index is 14.1. The molecule has 100 valence electrons. The van der Waals surface area contributed by atoms with Gasteiger partial charge in [0.15, 0.2) is 0 Å². The van der Waals surface area contributed by atoms with E-state index in [0.717, 1.165) is 37.1 Å². The first kappa shape index (κ1) is 13.3. The Hall–Kier alpha value is -1.13. The van der Waals surface area contributed by atoms with Gasteiger partial charge in [0.25, 0.3) is 0 Å². The van der Waals surface area contributed by atoms with Gasteiger partial charge in [0, 0.05) is 18.7 Å². The van der Waals surface area contributed by atoms with E-state index in [1.165, 1.54) is 6.07 Å². The summed E-state index contributed by atoms with van der Waals surface area (Å²) in [5, 5.41) is 3.29. The Balaban J connectivity index is 2.31. The first-order valence-corrected chi connectivity index (χ1v) is 6.32. The van der Waals surface area contributed by atoms with Crippen LogP contribution in [0.4, 0.5) is 4.39 Å².